The molecule has 0 aromatic carbocycles. The zero-order chi connectivity index (χ0) is 12.5. The van der Waals surface area contributed by atoms with Crippen LogP contribution in [0, 0.1) is 0 Å². The number of ether oxygens (including phenoxy) is 2. The van der Waals surface area contributed by atoms with E-state index in [9.17, 15) is 20.1 Å². The lowest BCUT2D eigenvalue weighted by atomic mass is 10.00. The Balaban J connectivity index is 2.67. The molecule has 1 fully saturated rings. The van der Waals surface area contributed by atoms with Crippen LogP contribution in [-0.4, -0.2) is 52.0 Å². The van der Waals surface area contributed by atoms with E-state index in [0.717, 1.165) is 0 Å². The lowest BCUT2D eigenvalue weighted by Gasteiger charge is -2.38. The van der Waals surface area contributed by atoms with Gasteiger partial charge in [-0.25, -0.2) is 4.79 Å². The van der Waals surface area contributed by atoms with E-state index in [4.69, 9.17) is 9.47 Å². The lowest BCUT2D eigenvalue weighted by Crippen LogP contribution is -2.57. The van der Waals surface area contributed by atoms with Gasteiger partial charge in [-0.2, -0.15) is 0 Å². The van der Waals surface area contributed by atoms with Crippen LogP contribution in [0.3, 0.4) is 0 Å². The molecule has 0 spiro atoms. The van der Waals surface area contributed by atoms with Crippen molar-refractivity contribution >= 4 is 5.97 Å². The van der Waals surface area contributed by atoms with Crippen molar-refractivity contribution in [3.05, 3.63) is 12.2 Å². The van der Waals surface area contributed by atoms with Crippen LogP contribution in [0.25, 0.3) is 0 Å². The number of aliphatic hydroxyl groups excluding tert-OH is 3. The van der Waals surface area contributed by atoms with Crippen molar-refractivity contribution in [3.8, 4) is 0 Å². The summed E-state index contributed by atoms with van der Waals surface area (Å²) in [6.07, 6.45) is -6.13. The molecule has 16 heavy (non-hydrogen) atoms. The monoisotopic (exact) mass is 232 g/mol. The smallest absolute Gasteiger partial charge is 0.335 e. The average Bonchev–Trinajstić information content (AvgIpc) is 2.22. The predicted molar refractivity (Wildman–Crippen MR) is 53.3 cm³/mol. The van der Waals surface area contributed by atoms with Crippen molar-refractivity contribution in [2.24, 2.45) is 0 Å². The van der Waals surface area contributed by atoms with E-state index < -0.39 is 36.7 Å². The zero-order valence-electron chi connectivity index (χ0n) is 9.16. The second-order valence-corrected chi connectivity index (χ2v) is 3.87. The predicted octanol–water partition coefficient (Wildman–Crippen LogP) is -1.07. The highest BCUT2D eigenvalue weighted by Gasteiger charge is 2.43. The number of hydrogen-bond acceptors (Lipinski definition) is 6. The highest BCUT2D eigenvalue weighted by Crippen LogP contribution is 2.22. The van der Waals surface area contributed by atoms with E-state index in [0.29, 0.717) is 0 Å². The Bertz CT molecular complexity index is 289. The topological polar surface area (TPSA) is 96.2 Å². The summed E-state index contributed by atoms with van der Waals surface area (Å²) < 4.78 is 9.83. The molecule has 0 bridgehead atoms. The van der Waals surface area contributed by atoms with E-state index in [1.54, 1.807) is 0 Å². The maximum Gasteiger partial charge on any atom is 0.335 e. The number of carbonyl (C=O) groups is 1. The summed E-state index contributed by atoms with van der Waals surface area (Å²) in [5.74, 6) is -0.722. The van der Waals surface area contributed by atoms with Crippen LogP contribution in [0.2, 0.25) is 0 Å². The summed E-state index contributed by atoms with van der Waals surface area (Å²) in [6.45, 7) is 6.33. The average molecular weight is 232 g/mol. The molecule has 0 amide bonds. The molecule has 1 aliphatic heterocycles. The molecular formula is C10H16O6. The van der Waals surface area contributed by atoms with Gasteiger partial charge in [0.15, 0.2) is 0 Å². The second-order valence-electron chi connectivity index (χ2n) is 3.87. The van der Waals surface area contributed by atoms with Gasteiger partial charge in [0.25, 0.3) is 0 Å². The van der Waals surface area contributed by atoms with Crippen LogP contribution in [0.4, 0.5) is 0 Å². The summed E-state index contributed by atoms with van der Waals surface area (Å²) in [7, 11) is 0. The van der Waals surface area contributed by atoms with Gasteiger partial charge in [0, 0.05) is 5.57 Å². The number of hydrogen-bond donors (Lipinski definition) is 3. The number of carbonyl (C=O) groups excluding carboxylic acids is 1. The maximum absolute atomic E-state index is 11.2. The fraction of sp³-hybridized carbons (Fsp3) is 0.700. The van der Waals surface area contributed by atoms with E-state index in [2.05, 4.69) is 6.58 Å². The Hall–Kier alpha value is -0.950. The van der Waals surface area contributed by atoms with E-state index in [1.165, 1.54) is 13.8 Å². The molecule has 0 aromatic rings. The highest BCUT2D eigenvalue weighted by atomic mass is 16.7. The van der Waals surface area contributed by atoms with Gasteiger partial charge in [0.1, 0.15) is 18.3 Å². The minimum atomic E-state index is -1.48. The number of aliphatic hydroxyl groups is 3. The molecule has 1 heterocycles. The molecule has 1 rings (SSSR count). The minimum absolute atomic E-state index is 0.157. The van der Waals surface area contributed by atoms with Gasteiger partial charge in [0.2, 0.25) is 6.29 Å². The van der Waals surface area contributed by atoms with Crippen LogP contribution in [-0.2, 0) is 14.3 Å². The summed E-state index contributed by atoms with van der Waals surface area (Å²) >= 11 is 0. The van der Waals surface area contributed by atoms with Crippen molar-refractivity contribution in [1.29, 1.82) is 0 Å². The van der Waals surface area contributed by atoms with Gasteiger partial charge in [-0.1, -0.05) is 6.58 Å². The molecule has 0 aliphatic carbocycles. The third-order valence-corrected chi connectivity index (χ3v) is 2.38. The molecule has 0 aromatic heterocycles. The molecule has 3 N–H and O–H groups in total. The molecule has 92 valence electrons. The third-order valence-electron chi connectivity index (χ3n) is 2.38. The summed E-state index contributed by atoms with van der Waals surface area (Å²) in [6, 6.07) is 0. The maximum atomic E-state index is 11.2. The van der Waals surface area contributed by atoms with Crippen molar-refractivity contribution in [3.63, 3.8) is 0 Å². The Kier molecular flexibility index (Phi) is 4.03. The highest BCUT2D eigenvalue weighted by molar-refractivity contribution is 5.87. The Morgan fingerprint density at radius 3 is 2.31 bits per heavy atom. The first kappa shape index (κ1) is 13.1. The largest absolute Gasteiger partial charge is 0.429 e. The number of esters is 1. The molecule has 0 saturated carbocycles. The molecule has 6 heteroatoms. The fourth-order valence-corrected chi connectivity index (χ4v) is 1.32. The van der Waals surface area contributed by atoms with Gasteiger partial charge >= 0.3 is 5.97 Å². The van der Waals surface area contributed by atoms with Crippen LogP contribution in [0.15, 0.2) is 12.2 Å². The first-order valence-corrected chi connectivity index (χ1v) is 4.90. The first-order chi connectivity index (χ1) is 7.34. The lowest BCUT2D eigenvalue weighted by molar-refractivity contribution is -0.283. The molecule has 1 aliphatic rings. The third kappa shape index (κ3) is 2.59. The minimum Gasteiger partial charge on any atom is -0.429 e. The Morgan fingerprint density at radius 2 is 1.81 bits per heavy atom. The summed E-state index contributed by atoms with van der Waals surface area (Å²) in [5, 5.41) is 28.3. The van der Waals surface area contributed by atoms with Crippen LogP contribution in [0.5, 0.6) is 0 Å². The van der Waals surface area contributed by atoms with Crippen LogP contribution in [0.1, 0.15) is 13.8 Å². The number of rotatable bonds is 2. The summed E-state index contributed by atoms with van der Waals surface area (Å²) in [5.41, 5.74) is 0.157. The van der Waals surface area contributed by atoms with E-state index >= 15 is 0 Å². The van der Waals surface area contributed by atoms with Crippen LogP contribution >= 0.6 is 0 Å². The van der Waals surface area contributed by atoms with Crippen molar-refractivity contribution in [2.75, 3.05) is 0 Å². The standard InChI is InChI=1S/C10H16O6/c1-4(2)9(14)16-10-8(13)7(12)6(11)5(3)15-10/h5-8,10-13H,1H2,2-3H3/t5-,6-,7+,8+,10?/m0/s1. The fourth-order valence-electron chi connectivity index (χ4n) is 1.32. The molecule has 1 unspecified atom stereocenters. The second kappa shape index (κ2) is 4.92. The van der Waals surface area contributed by atoms with Crippen molar-refractivity contribution in [1.82, 2.24) is 0 Å². The van der Waals surface area contributed by atoms with Gasteiger partial charge in [-0.05, 0) is 13.8 Å². The molecule has 1 saturated heterocycles. The molecule has 5 atom stereocenters. The SMILES string of the molecule is C=C(C)C(=O)OC1O[C@@H](C)[C@H](O)[C@@H](O)[C@H]1O. The summed E-state index contributed by atoms with van der Waals surface area (Å²) in [4.78, 5) is 11.2. The molecular weight excluding hydrogens is 216 g/mol. The van der Waals surface area contributed by atoms with Crippen molar-refractivity contribution in [2.45, 2.75) is 44.6 Å². The van der Waals surface area contributed by atoms with E-state index in [-0.39, 0.29) is 5.57 Å². The van der Waals surface area contributed by atoms with Crippen molar-refractivity contribution < 1.29 is 29.6 Å². The first-order valence-electron chi connectivity index (χ1n) is 4.90. The van der Waals surface area contributed by atoms with Gasteiger partial charge in [-0.3, -0.25) is 0 Å². The molecule has 6 nitrogen and oxygen atoms in total. The van der Waals surface area contributed by atoms with Gasteiger partial charge < -0.3 is 24.8 Å². The normalized spacial score (nSPS) is 39.2. The Labute approximate surface area is 93.1 Å². The molecule has 0 radical (unpaired) electrons. The Morgan fingerprint density at radius 1 is 1.25 bits per heavy atom. The zero-order valence-corrected chi connectivity index (χ0v) is 9.16. The van der Waals surface area contributed by atoms with Gasteiger partial charge in [0.05, 0.1) is 6.10 Å². The van der Waals surface area contributed by atoms with Gasteiger partial charge in [-0.15, -0.1) is 0 Å². The van der Waals surface area contributed by atoms with Crippen LogP contribution < -0.4 is 0 Å². The van der Waals surface area contributed by atoms with E-state index in [1.807, 2.05) is 0 Å². The quantitative estimate of drug-likeness (QED) is 0.414.